The average molecular weight is 454 g/mol. The Kier molecular flexibility index (Phi) is 7.11. The molecular weight excluding hydrogens is 422 g/mol. The van der Waals surface area contributed by atoms with Crippen LogP contribution in [0, 0.1) is 5.92 Å². The van der Waals surface area contributed by atoms with E-state index in [1.807, 2.05) is 24.3 Å². The van der Waals surface area contributed by atoms with Crippen LogP contribution in [-0.2, 0) is 27.1 Å². The van der Waals surface area contributed by atoms with Gasteiger partial charge in [-0.3, -0.25) is 9.78 Å². The fourth-order valence-corrected chi connectivity index (χ4v) is 4.69. The molecule has 1 saturated heterocycles. The molecule has 1 atom stereocenters. The number of rotatable bonds is 5. The topological polar surface area (TPSA) is 97.8 Å². The van der Waals surface area contributed by atoms with Crippen molar-refractivity contribution in [2.45, 2.75) is 52.0 Å². The Morgan fingerprint density at radius 3 is 2.64 bits per heavy atom. The van der Waals surface area contributed by atoms with E-state index in [0.29, 0.717) is 44.0 Å². The van der Waals surface area contributed by atoms with Crippen molar-refractivity contribution in [3.8, 4) is 0 Å². The summed E-state index contributed by atoms with van der Waals surface area (Å²) in [4.78, 5) is 43.8. The van der Waals surface area contributed by atoms with Gasteiger partial charge in [-0.25, -0.2) is 9.59 Å². The van der Waals surface area contributed by atoms with Gasteiger partial charge >= 0.3 is 12.1 Å². The van der Waals surface area contributed by atoms with Crippen LogP contribution in [0.15, 0.2) is 24.3 Å². The number of carbonyl (C=O) groups is 3. The van der Waals surface area contributed by atoms with Gasteiger partial charge < -0.3 is 19.7 Å². The molecule has 1 aliphatic heterocycles. The van der Waals surface area contributed by atoms with E-state index < -0.39 is 5.97 Å². The van der Waals surface area contributed by atoms with Crippen LogP contribution in [0.2, 0.25) is 0 Å². The van der Waals surface area contributed by atoms with Gasteiger partial charge in [-0.1, -0.05) is 25.1 Å². The van der Waals surface area contributed by atoms with Crippen molar-refractivity contribution in [1.82, 2.24) is 15.2 Å². The van der Waals surface area contributed by atoms with Crippen molar-refractivity contribution in [3.63, 3.8) is 0 Å². The molecule has 0 saturated carbocycles. The maximum atomic E-state index is 13.1. The van der Waals surface area contributed by atoms with Gasteiger partial charge in [-0.15, -0.1) is 0 Å². The summed E-state index contributed by atoms with van der Waals surface area (Å²) in [6.45, 7) is 5.01. The predicted octanol–water partition coefficient (Wildman–Crippen LogP) is 3.25. The van der Waals surface area contributed by atoms with Crippen LogP contribution in [0.5, 0.6) is 0 Å². The van der Waals surface area contributed by atoms with Gasteiger partial charge in [0.1, 0.15) is 0 Å². The number of nitrogens with zero attached hydrogens (tertiary/aromatic N) is 2. The van der Waals surface area contributed by atoms with Crippen LogP contribution < -0.4 is 5.32 Å². The summed E-state index contributed by atoms with van der Waals surface area (Å²) in [5.74, 6) is -0.347. The molecule has 2 aliphatic rings. The predicted molar refractivity (Wildman–Crippen MR) is 123 cm³/mol. The number of aryl methyl sites for hydroxylation is 1. The number of hydrogen-bond acceptors (Lipinski definition) is 6. The highest BCUT2D eigenvalue weighted by atomic mass is 16.6. The number of piperidine rings is 1. The number of carbonyl (C=O) groups excluding carboxylic acids is 3. The lowest BCUT2D eigenvalue weighted by molar-refractivity contribution is -0.125. The van der Waals surface area contributed by atoms with Crippen LogP contribution in [-0.4, -0.2) is 60.2 Å². The number of fused-ring (bicyclic) bond motifs is 2. The summed E-state index contributed by atoms with van der Waals surface area (Å²) in [5.41, 5.74) is 3.22. The lowest BCUT2D eigenvalue weighted by Gasteiger charge is -2.31. The van der Waals surface area contributed by atoms with E-state index in [1.165, 1.54) is 0 Å². The number of para-hydroxylation sites is 1. The van der Waals surface area contributed by atoms with E-state index >= 15 is 0 Å². The van der Waals surface area contributed by atoms with Crippen molar-refractivity contribution in [3.05, 3.63) is 41.1 Å². The molecule has 1 unspecified atom stereocenters. The Morgan fingerprint density at radius 1 is 1.12 bits per heavy atom. The third-order valence-electron chi connectivity index (χ3n) is 6.43. The second kappa shape index (κ2) is 10.2. The Hall–Kier alpha value is -3.16. The summed E-state index contributed by atoms with van der Waals surface area (Å²) < 4.78 is 10.5. The second-order valence-corrected chi connectivity index (χ2v) is 8.88. The molecule has 176 valence electrons. The quantitative estimate of drug-likeness (QED) is 0.698. The molecule has 2 aromatic rings. The first-order chi connectivity index (χ1) is 16.0. The highest BCUT2D eigenvalue weighted by Crippen LogP contribution is 2.32. The van der Waals surface area contributed by atoms with Crippen LogP contribution in [0.25, 0.3) is 10.9 Å². The van der Waals surface area contributed by atoms with E-state index in [4.69, 9.17) is 14.5 Å². The number of esters is 1. The highest BCUT2D eigenvalue weighted by molar-refractivity contribution is 6.05. The summed E-state index contributed by atoms with van der Waals surface area (Å²) in [5, 5.41) is 3.68. The molecule has 1 fully saturated rings. The van der Waals surface area contributed by atoms with E-state index in [9.17, 15) is 14.4 Å². The van der Waals surface area contributed by atoms with E-state index in [0.717, 1.165) is 41.4 Å². The molecule has 33 heavy (non-hydrogen) atoms. The molecule has 2 heterocycles. The molecule has 0 bridgehead atoms. The monoisotopic (exact) mass is 453 g/mol. The molecule has 8 nitrogen and oxygen atoms in total. The molecule has 2 amide bonds. The SMILES string of the molecule is CCOC(=O)N1CCC(NC(=O)COC(=O)c2c3c(nc4ccccc24)CCC(C)C3)CC1. The van der Waals surface area contributed by atoms with Crippen LogP contribution >= 0.6 is 0 Å². The zero-order valence-corrected chi connectivity index (χ0v) is 19.3. The Morgan fingerprint density at radius 2 is 1.88 bits per heavy atom. The number of likely N-dealkylation sites (tertiary alicyclic amines) is 1. The lowest BCUT2D eigenvalue weighted by Crippen LogP contribution is -2.47. The smallest absolute Gasteiger partial charge is 0.409 e. The number of amides is 2. The van der Waals surface area contributed by atoms with Crippen LogP contribution in [0.3, 0.4) is 0 Å². The minimum atomic E-state index is -0.480. The number of pyridine rings is 1. The normalized spacial score (nSPS) is 18.5. The van der Waals surface area contributed by atoms with Gasteiger partial charge in [0.2, 0.25) is 0 Å². The summed E-state index contributed by atoms with van der Waals surface area (Å²) in [7, 11) is 0. The molecule has 4 rings (SSSR count). The highest BCUT2D eigenvalue weighted by Gasteiger charge is 2.28. The molecule has 0 radical (unpaired) electrons. The third-order valence-corrected chi connectivity index (χ3v) is 6.43. The first-order valence-electron chi connectivity index (χ1n) is 11.7. The fourth-order valence-electron chi connectivity index (χ4n) is 4.69. The molecule has 1 aromatic carbocycles. The maximum absolute atomic E-state index is 13.1. The first-order valence-corrected chi connectivity index (χ1v) is 11.7. The average Bonchev–Trinajstić information content (AvgIpc) is 2.81. The van der Waals surface area contributed by atoms with Gasteiger partial charge in [0.15, 0.2) is 6.61 Å². The molecule has 1 N–H and O–H groups in total. The minimum Gasteiger partial charge on any atom is -0.452 e. The van der Waals surface area contributed by atoms with Crippen molar-refractivity contribution in [1.29, 1.82) is 0 Å². The summed E-state index contributed by atoms with van der Waals surface area (Å²) >= 11 is 0. The minimum absolute atomic E-state index is 0.0581. The van der Waals surface area contributed by atoms with Crippen molar-refractivity contribution < 1.29 is 23.9 Å². The van der Waals surface area contributed by atoms with Gasteiger partial charge in [-0.2, -0.15) is 0 Å². The standard InChI is InChI=1S/C25H31N3O5/c1-3-32-25(31)28-12-10-17(11-13-28)26-22(29)15-33-24(30)23-18-6-4-5-7-20(18)27-21-9-8-16(2)14-19(21)23/h4-7,16-17H,3,8-15H2,1-2H3,(H,26,29). The Balaban J connectivity index is 1.38. The zero-order valence-electron chi connectivity index (χ0n) is 19.3. The number of benzene rings is 1. The Labute approximate surface area is 193 Å². The molecule has 0 spiro atoms. The lowest BCUT2D eigenvalue weighted by atomic mass is 9.84. The zero-order chi connectivity index (χ0) is 23.4. The number of hydrogen-bond donors (Lipinski definition) is 1. The largest absolute Gasteiger partial charge is 0.452 e. The Bertz CT molecular complexity index is 1050. The number of nitrogens with one attached hydrogen (secondary N) is 1. The van der Waals surface area contributed by atoms with E-state index in [-0.39, 0.29) is 24.6 Å². The fraction of sp³-hybridized carbons (Fsp3) is 0.520. The van der Waals surface area contributed by atoms with Crippen LogP contribution in [0.4, 0.5) is 4.79 Å². The number of aromatic nitrogens is 1. The van der Waals surface area contributed by atoms with Crippen molar-refractivity contribution in [2.75, 3.05) is 26.3 Å². The third kappa shape index (κ3) is 5.26. The van der Waals surface area contributed by atoms with Gasteiger partial charge in [0.25, 0.3) is 5.91 Å². The molecule has 8 heteroatoms. The second-order valence-electron chi connectivity index (χ2n) is 8.88. The summed E-state index contributed by atoms with van der Waals surface area (Å²) in [6.07, 6.45) is 3.62. The van der Waals surface area contributed by atoms with Crippen LogP contribution in [0.1, 0.15) is 54.7 Å². The molecule has 1 aromatic heterocycles. The van der Waals surface area contributed by atoms with Gasteiger partial charge in [0.05, 0.1) is 17.7 Å². The van der Waals surface area contributed by atoms with E-state index in [1.54, 1.807) is 11.8 Å². The molecule has 1 aliphatic carbocycles. The summed E-state index contributed by atoms with van der Waals surface area (Å²) in [6, 6.07) is 7.52. The first kappa shape index (κ1) is 23.0. The van der Waals surface area contributed by atoms with Gasteiger partial charge in [0, 0.05) is 30.2 Å². The van der Waals surface area contributed by atoms with Gasteiger partial charge in [-0.05, 0) is 56.6 Å². The molecular formula is C25H31N3O5. The van der Waals surface area contributed by atoms with Crippen molar-refractivity contribution >= 4 is 28.9 Å². The van der Waals surface area contributed by atoms with Crippen molar-refractivity contribution in [2.24, 2.45) is 5.92 Å². The maximum Gasteiger partial charge on any atom is 0.409 e. The number of ether oxygens (including phenoxy) is 2. The van der Waals surface area contributed by atoms with E-state index in [2.05, 4.69) is 12.2 Å².